The number of nitrogens with two attached hydrogens (primary N) is 1. The van der Waals surface area contributed by atoms with Crippen molar-refractivity contribution in [2.45, 2.75) is 19.3 Å². The first-order chi connectivity index (χ1) is 9.68. The molecule has 1 aliphatic rings. The first-order valence-corrected chi connectivity index (χ1v) is 6.59. The number of anilines is 1. The van der Waals surface area contributed by atoms with Crippen LogP contribution in [0.25, 0.3) is 11.3 Å². The average molecular weight is 274 g/mol. The number of benzene rings is 1. The molecule has 0 atom stereocenters. The molecule has 0 spiro atoms. The van der Waals surface area contributed by atoms with E-state index in [9.17, 15) is 9.18 Å². The lowest BCUT2D eigenvalue weighted by molar-refractivity contribution is 0.248. The summed E-state index contributed by atoms with van der Waals surface area (Å²) < 4.78 is 15.1. The molecule has 0 saturated carbocycles. The van der Waals surface area contributed by atoms with Crippen LogP contribution in [0.15, 0.2) is 24.3 Å². The van der Waals surface area contributed by atoms with E-state index in [1.165, 1.54) is 6.07 Å². The van der Waals surface area contributed by atoms with Crippen molar-refractivity contribution in [3.05, 3.63) is 35.6 Å². The van der Waals surface area contributed by atoms with Crippen molar-refractivity contribution in [2.75, 3.05) is 11.9 Å². The molecule has 6 heteroatoms. The Morgan fingerprint density at radius 3 is 2.90 bits per heavy atom. The van der Waals surface area contributed by atoms with Crippen LogP contribution in [0, 0.1) is 5.82 Å². The first-order valence-electron chi connectivity index (χ1n) is 6.59. The minimum absolute atomic E-state index is 0.353. The highest BCUT2D eigenvalue weighted by Crippen LogP contribution is 2.33. The van der Waals surface area contributed by atoms with Crippen LogP contribution in [0.5, 0.6) is 0 Å². The standard InChI is InChI=1S/C14H15FN4O/c15-11-7-2-1-5-9(11)12-10-6-3-4-8-17-13(10)19(18-12)14(16)20/h1-2,5,7,17H,3-4,6,8H2,(H2,16,20). The van der Waals surface area contributed by atoms with Crippen LogP contribution in [-0.4, -0.2) is 22.4 Å². The number of aromatic nitrogens is 2. The highest BCUT2D eigenvalue weighted by molar-refractivity contribution is 5.82. The van der Waals surface area contributed by atoms with Crippen molar-refractivity contribution in [3.63, 3.8) is 0 Å². The largest absolute Gasteiger partial charge is 0.370 e. The number of hydrogen-bond acceptors (Lipinski definition) is 3. The number of primary amides is 1. The summed E-state index contributed by atoms with van der Waals surface area (Å²) in [5.41, 5.74) is 7.09. The number of nitrogens with zero attached hydrogens (tertiary/aromatic N) is 2. The van der Waals surface area contributed by atoms with Gasteiger partial charge in [0.25, 0.3) is 0 Å². The third-order valence-electron chi connectivity index (χ3n) is 3.47. The van der Waals surface area contributed by atoms with Crippen LogP contribution in [-0.2, 0) is 6.42 Å². The smallest absolute Gasteiger partial charge is 0.341 e. The van der Waals surface area contributed by atoms with Crippen molar-refractivity contribution >= 4 is 11.8 Å². The van der Waals surface area contributed by atoms with E-state index < -0.39 is 6.03 Å². The number of nitrogens with one attached hydrogen (secondary N) is 1. The molecule has 1 aromatic carbocycles. The zero-order valence-electron chi connectivity index (χ0n) is 10.9. The van der Waals surface area contributed by atoms with Gasteiger partial charge < -0.3 is 11.1 Å². The summed E-state index contributed by atoms with van der Waals surface area (Å²) in [6.07, 6.45) is 2.70. The molecule has 0 saturated heterocycles. The van der Waals surface area contributed by atoms with E-state index in [1.54, 1.807) is 18.2 Å². The van der Waals surface area contributed by atoms with Gasteiger partial charge in [-0.25, -0.2) is 9.18 Å². The molecule has 3 N–H and O–H groups in total. The van der Waals surface area contributed by atoms with Gasteiger partial charge in [-0.15, -0.1) is 0 Å². The second-order valence-corrected chi connectivity index (χ2v) is 4.79. The van der Waals surface area contributed by atoms with Crippen LogP contribution in [0.1, 0.15) is 18.4 Å². The van der Waals surface area contributed by atoms with Crippen LogP contribution < -0.4 is 11.1 Å². The van der Waals surface area contributed by atoms with Crippen molar-refractivity contribution in [1.29, 1.82) is 0 Å². The summed E-state index contributed by atoms with van der Waals surface area (Å²) in [5, 5.41) is 7.37. The van der Waals surface area contributed by atoms with Gasteiger partial charge in [-0.2, -0.15) is 9.78 Å². The summed E-state index contributed by atoms with van der Waals surface area (Å²) in [6, 6.07) is 5.75. The molecule has 1 aromatic heterocycles. The van der Waals surface area contributed by atoms with Gasteiger partial charge in [0.15, 0.2) is 0 Å². The zero-order valence-corrected chi connectivity index (χ0v) is 10.9. The number of hydrogen-bond donors (Lipinski definition) is 2. The number of carbonyl (C=O) groups excluding carboxylic acids is 1. The Balaban J connectivity index is 2.21. The SMILES string of the molecule is NC(=O)n1nc(-c2ccccc2F)c2c1NCCCC2. The minimum Gasteiger partial charge on any atom is -0.370 e. The summed E-state index contributed by atoms with van der Waals surface area (Å²) in [7, 11) is 0. The van der Waals surface area contributed by atoms with E-state index in [2.05, 4.69) is 10.4 Å². The normalized spacial score (nSPS) is 14.2. The van der Waals surface area contributed by atoms with Crippen LogP contribution in [0.3, 0.4) is 0 Å². The molecule has 2 heterocycles. The maximum Gasteiger partial charge on any atom is 0.341 e. The van der Waals surface area contributed by atoms with Crippen molar-refractivity contribution in [1.82, 2.24) is 9.78 Å². The second kappa shape index (κ2) is 4.96. The predicted octanol–water partition coefficient (Wildman–Crippen LogP) is 2.36. The van der Waals surface area contributed by atoms with E-state index in [0.29, 0.717) is 17.1 Å². The minimum atomic E-state index is -0.668. The number of halogens is 1. The number of carbonyl (C=O) groups is 1. The topological polar surface area (TPSA) is 72.9 Å². The number of amides is 1. The highest BCUT2D eigenvalue weighted by atomic mass is 19.1. The molecule has 20 heavy (non-hydrogen) atoms. The monoisotopic (exact) mass is 274 g/mol. The lowest BCUT2D eigenvalue weighted by Crippen LogP contribution is -2.23. The van der Waals surface area contributed by atoms with Crippen molar-refractivity contribution in [2.24, 2.45) is 5.73 Å². The van der Waals surface area contributed by atoms with Gasteiger partial charge in [0.05, 0.1) is 0 Å². The molecule has 0 bridgehead atoms. The van der Waals surface area contributed by atoms with Gasteiger partial charge in [-0.05, 0) is 31.4 Å². The maximum atomic E-state index is 14.0. The van der Waals surface area contributed by atoms with Gasteiger partial charge in [0, 0.05) is 17.7 Å². The molecule has 0 unspecified atom stereocenters. The molecular formula is C14H15FN4O. The van der Waals surface area contributed by atoms with Crippen LogP contribution in [0.4, 0.5) is 15.0 Å². The molecule has 1 aliphatic heterocycles. The van der Waals surface area contributed by atoms with Crippen molar-refractivity contribution < 1.29 is 9.18 Å². The van der Waals surface area contributed by atoms with E-state index >= 15 is 0 Å². The zero-order chi connectivity index (χ0) is 14.1. The number of fused-ring (bicyclic) bond motifs is 1. The molecule has 0 aliphatic carbocycles. The quantitative estimate of drug-likeness (QED) is 0.838. The summed E-state index contributed by atoms with van der Waals surface area (Å²) >= 11 is 0. The molecular weight excluding hydrogens is 259 g/mol. The molecule has 0 radical (unpaired) electrons. The van der Waals surface area contributed by atoms with Gasteiger partial charge in [-0.3, -0.25) is 0 Å². The lowest BCUT2D eigenvalue weighted by atomic mass is 10.0. The molecule has 0 fully saturated rings. The Labute approximate surface area is 115 Å². The summed E-state index contributed by atoms with van der Waals surface area (Å²) in [5.74, 6) is 0.238. The fourth-order valence-corrected chi connectivity index (χ4v) is 2.53. The highest BCUT2D eigenvalue weighted by Gasteiger charge is 2.24. The van der Waals surface area contributed by atoms with E-state index in [0.717, 1.165) is 36.1 Å². The lowest BCUT2D eigenvalue weighted by Gasteiger charge is -2.05. The molecule has 1 amide bonds. The first kappa shape index (κ1) is 12.7. The fourth-order valence-electron chi connectivity index (χ4n) is 2.53. The molecule has 5 nitrogen and oxygen atoms in total. The van der Waals surface area contributed by atoms with Gasteiger partial charge >= 0.3 is 6.03 Å². The Morgan fingerprint density at radius 2 is 2.15 bits per heavy atom. The van der Waals surface area contributed by atoms with Crippen molar-refractivity contribution in [3.8, 4) is 11.3 Å². The third kappa shape index (κ3) is 2.03. The summed E-state index contributed by atoms with van der Waals surface area (Å²) in [6.45, 7) is 0.753. The Morgan fingerprint density at radius 1 is 1.35 bits per heavy atom. The number of rotatable bonds is 1. The fraction of sp³-hybridized carbons (Fsp3) is 0.286. The van der Waals surface area contributed by atoms with Gasteiger partial charge in [0.1, 0.15) is 17.3 Å². The van der Waals surface area contributed by atoms with Crippen LogP contribution >= 0.6 is 0 Å². The Kier molecular flexibility index (Phi) is 3.14. The second-order valence-electron chi connectivity index (χ2n) is 4.79. The van der Waals surface area contributed by atoms with E-state index in [1.807, 2.05) is 0 Å². The molecule has 3 rings (SSSR count). The van der Waals surface area contributed by atoms with Crippen LogP contribution in [0.2, 0.25) is 0 Å². The predicted molar refractivity (Wildman–Crippen MR) is 74.0 cm³/mol. The third-order valence-corrected chi connectivity index (χ3v) is 3.47. The Hall–Kier alpha value is -2.37. The molecule has 104 valence electrons. The average Bonchev–Trinajstić information content (AvgIpc) is 2.63. The van der Waals surface area contributed by atoms with Gasteiger partial charge in [0.2, 0.25) is 0 Å². The maximum absolute atomic E-state index is 14.0. The van der Waals surface area contributed by atoms with E-state index in [4.69, 9.17) is 5.73 Å². The van der Waals surface area contributed by atoms with Gasteiger partial charge in [-0.1, -0.05) is 12.1 Å². The van der Waals surface area contributed by atoms with E-state index in [-0.39, 0.29) is 5.82 Å². The molecule has 2 aromatic rings. The Bertz CT molecular complexity index is 665. The summed E-state index contributed by atoms with van der Waals surface area (Å²) in [4.78, 5) is 11.5.